The van der Waals surface area contributed by atoms with Crippen LogP contribution in [0.15, 0.2) is 24.4 Å². The second-order valence-electron chi connectivity index (χ2n) is 8.35. The van der Waals surface area contributed by atoms with Crippen LogP contribution in [-0.4, -0.2) is 53.6 Å². The maximum Gasteiger partial charge on any atom is 0.407 e. The minimum Gasteiger partial charge on any atom is -0.481 e. The highest BCUT2D eigenvalue weighted by Crippen LogP contribution is 2.23. The van der Waals surface area contributed by atoms with E-state index < -0.39 is 11.7 Å². The second kappa shape index (κ2) is 8.92. The molecule has 0 aromatic carbocycles. The van der Waals surface area contributed by atoms with E-state index in [-0.39, 0.29) is 18.2 Å². The third-order valence-electron chi connectivity index (χ3n) is 4.82. The molecule has 3 N–H and O–H groups in total. The molecule has 1 aliphatic heterocycles. The summed E-state index contributed by atoms with van der Waals surface area (Å²) < 4.78 is 16.5. The number of aromatic nitrogens is 2. The Kier molecular flexibility index (Phi) is 6.54. The smallest absolute Gasteiger partial charge is 0.407 e. The van der Waals surface area contributed by atoms with Gasteiger partial charge in [0.2, 0.25) is 5.88 Å². The molecule has 1 fully saturated rings. The summed E-state index contributed by atoms with van der Waals surface area (Å²) in [6.07, 6.45) is 3.44. The molecule has 3 atom stereocenters. The van der Waals surface area contributed by atoms with Crippen molar-refractivity contribution in [1.82, 2.24) is 15.3 Å². The number of methoxy groups -OCH3 is 1. The molecule has 158 valence electrons. The largest absolute Gasteiger partial charge is 0.481 e. The molecule has 1 saturated heterocycles. The molecular formula is C21H30N4O4. The van der Waals surface area contributed by atoms with Gasteiger partial charge in [0.1, 0.15) is 5.60 Å². The monoisotopic (exact) mass is 402 g/mol. The van der Waals surface area contributed by atoms with E-state index in [1.807, 2.05) is 32.9 Å². The molecule has 3 heterocycles. The predicted octanol–water partition coefficient (Wildman–Crippen LogP) is 2.58. The standard InChI is InChI=1S/C21H30N4O4/c1-21(2,3)29-20(26)24-14-5-7-17(28-12-14)15(22)11-13-9-10-23-16-6-8-18(27-4)25-19(13)16/h6,8-10,14-15,17H,5,7,11-12,22H2,1-4H3,(H,24,26)/t14-,15?,17+/m1/s1. The van der Waals surface area contributed by atoms with E-state index >= 15 is 0 Å². The van der Waals surface area contributed by atoms with Gasteiger partial charge in [0.15, 0.2) is 0 Å². The van der Waals surface area contributed by atoms with E-state index in [1.165, 1.54) is 0 Å². The first kappa shape index (κ1) is 21.3. The van der Waals surface area contributed by atoms with Crippen molar-refractivity contribution >= 4 is 17.1 Å². The zero-order valence-corrected chi connectivity index (χ0v) is 17.5. The maximum absolute atomic E-state index is 11.9. The molecule has 0 bridgehead atoms. The van der Waals surface area contributed by atoms with Crippen molar-refractivity contribution in [3.05, 3.63) is 30.0 Å². The van der Waals surface area contributed by atoms with Crippen LogP contribution in [0.1, 0.15) is 39.2 Å². The van der Waals surface area contributed by atoms with Crippen LogP contribution in [0.3, 0.4) is 0 Å². The number of hydrogen-bond acceptors (Lipinski definition) is 7. The molecule has 8 heteroatoms. The van der Waals surface area contributed by atoms with Gasteiger partial charge in [0, 0.05) is 18.3 Å². The van der Waals surface area contributed by atoms with Crippen LogP contribution in [0.2, 0.25) is 0 Å². The Bertz CT molecular complexity index is 844. The number of carbonyl (C=O) groups is 1. The summed E-state index contributed by atoms with van der Waals surface area (Å²) in [5.74, 6) is 0.547. The van der Waals surface area contributed by atoms with Crippen LogP contribution >= 0.6 is 0 Å². The lowest BCUT2D eigenvalue weighted by Gasteiger charge is -2.33. The third-order valence-corrected chi connectivity index (χ3v) is 4.82. The van der Waals surface area contributed by atoms with Crippen molar-refractivity contribution < 1.29 is 19.0 Å². The van der Waals surface area contributed by atoms with Crippen LogP contribution in [0.4, 0.5) is 4.79 Å². The summed E-state index contributed by atoms with van der Waals surface area (Å²) in [5, 5.41) is 2.86. The lowest BCUT2D eigenvalue weighted by atomic mass is 9.95. The summed E-state index contributed by atoms with van der Waals surface area (Å²) in [4.78, 5) is 20.8. The highest BCUT2D eigenvalue weighted by Gasteiger charge is 2.29. The van der Waals surface area contributed by atoms with Gasteiger partial charge >= 0.3 is 6.09 Å². The molecule has 1 unspecified atom stereocenters. The number of ether oxygens (including phenoxy) is 3. The first-order valence-corrected chi connectivity index (χ1v) is 9.90. The second-order valence-corrected chi connectivity index (χ2v) is 8.35. The fourth-order valence-corrected chi connectivity index (χ4v) is 3.42. The Labute approximate surface area is 171 Å². The number of carbonyl (C=O) groups excluding carboxylic acids is 1. The Morgan fingerprint density at radius 1 is 1.34 bits per heavy atom. The summed E-state index contributed by atoms with van der Waals surface area (Å²) in [6.45, 7) is 5.94. The van der Waals surface area contributed by atoms with Crippen molar-refractivity contribution in [2.24, 2.45) is 5.73 Å². The molecule has 3 rings (SSSR count). The van der Waals surface area contributed by atoms with Gasteiger partial charge in [-0.3, -0.25) is 4.98 Å². The topological polar surface area (TPSA) is 109 Å². The molecule has 1 amide bonds. The number of alkyl carbamates (subject to hydrolysis) is 1. The Balaban J connectivity index is 1.57. The Morgan fingerprint density at radius 2 is 2.14 bits per heavy atom. The number of hydrogen-bond donors (Lipinski definition) is 2. The maximum atomic E-state index is 11.9. The number of pyridine rings is 2. The zero-order valence-electron chi connectivity index (χ0n) is 17.5. The van der Waals surface area contributed by atoms with Crippen molar-refractivity contribution in [3.63, 3.8) is 0 Å². The lowest BCUT2D eigenvalue weighted by Crippen LogP contribution is -2.49. The molecule has 0 aliphatic carbocycles. The van der Waals surface area contributed by atoms with Gasteiger partial charge in [0.05, 0.1) is 36.9 Å². The van der Waals surface area contributed by atoms with Crippen LogP contribution in [0.25, 0.3) is 11.0 Å². The van der Waals surface area contributed by atoms with Crippen molar-refractivity contribution in [1.29, 1.82) is 0 Å². The average molecular weight is 402 g/mol. The van der Waals surface area contributed by atoms with Gasteiger partial charge in [-0.15, -0.1) is 0 Å². The molecule has 8 nitrogen and oxygen atoms in total. The normalized spacial score (nSPS) is 20.9. The van der Waals surface area contributed by atoms with E-state index in [4.69, 9.17) is 19.9 Å². The zero-order chi connectivity index (χ0) is 21.0. The van der Waals surface area contributed by atoms with Crippen LogP contribution < -0.4 is 15.8 Å². The predicted molar refractivity (Wildman–Crippen MR) is 110 cm³/mol. The van der Waals surface area contributed by atoms with Gasteiger partial charge in [-0.1, -0.05) is 0 Å². The quantitative estimate of drug-likeness (QED) is 0.791. The van der Waals surface area contributed by atoms with Crippen molar-refractivity contribution in [2.45, 2.75) is 63.8 Å². The van der Waals surface area contributed by atoms with Gasteiger partial charge in [-0.25, -0.2) is 9.78 Å². The van der Waals surface area contributed by atoms with Crippen molar-refractivity contribution in [3.8, 4) is 5.88 Å². The molecule has 2 aromatic heterocycles. The number of nitrogens with one attached hydrogen (secondary N) is 1. The van der Waals surface area contributed by atoms with Crippen molar-refractivity contribution in [2.75, 3.05) is 13.7 Å². The SMILES string of the molecule is COc1ccc2nccc(CC(N)[C@@H]3CC[C@@H](NC(=O)OC(C)(C)C)CO3)c2n1. The number of rotatable bonds is 5. The highest BCUT2D eigenvalue weighted by molar-refractivity contribution is 5.78. The number of nitrogens with two attached hydrogens (primary N) is 1. The van der Waals surface area contributed by atoms with Gasteiger partial charge < -0.3 is 25.3 Å². The average Bonchev–Trinajstić information content (AvgIpc) is 2.67. The lowest BCUT2D eigenvalue weighted by molar-refractivity contribution is -0.0198. The molecule has 0 spiro atoms. The Morgan fingerprint density at radius 3 is 2.79 bits per heavy atom. The summed E-state index contributed by atoms with van der Waals surface area (Å²) in [5.41, 5.74) is 8.55. The molecule has 0 saturated carbocycles. The van der Waals surface area contributed by atoms with Gasteiger partial charge in [-0.2, -0.15) is 0 Å². The molecule has 1 aliphatic rings. The molecule has 2 aromatic rings. The summed E-state index contributed by atoms with van der Waals surface area (Å²) in [7, 11) is 1.59. The molecule has 29 heavy (non-hydrogen) atoms. The van der Waals surface area contributed by atoms with E-state index in [0.717, 1.165) is 29.4 Å². The van der Waals surface area contributed by atoms with E-state index in [0.29, 0.717) is 18.9 Å². The first-order valence-electron chi connectivity index (χ1n) is 9.90. The fraction of sp³-hybridized carbons (Fsp3) is 0.571. The van der Waals surface area contributed by atoms with E-state index in [1.54, 1.807) is 19.4 Å². The number of nitrogens with zero attached hydrogens (tertiary/aromatic N) is 2. The van der Waals surface area contributed by atoms with Gasteiger partial charge in [0.25, 0.3) is 0 Å². The minimum absolute atomic E-state index is 0.0685. The highest BCUT2D eigenvalue weighted by atomic mass is 16.6. The number of fused-ring (bicyclic) bond motifs is 1. The molecule has 0 radical (unpaired) electrons. The van der Waals surface area contributed by atoms with Crippen LogP contribution in [-0.2, 0) is 15.9 Å². The van der Waals surface area contributed by atoms with E-state index in [9.17, 15) is 4.79 Å². The summed E-state index contributed by atoms with van der Waals surface area (Å²) >= 11 is 0. The Hall–Kier alpha value is -2.45. The van der Waals surface area contributed by atoms with Crippen LogP contribution in [0, 0.1) is 0 Å². The number of amides is 1. The fourth-order valence-electron chi connectivity index (χ4n) is 3.42. The minimum atomic E-state index is -0.519. The first-order chi connectivity index (χ1) is 13.7. The van der Waals surface area contributed by atoms with Gasteiger partial charge in [-0.05, 0) is 57.7 Å². The van der Waals surface area contributed by atoms with E-state index in [2.05, 4.69) is 15.3 Å². The third kappa shape index (κ3) is 5.77. The van der Waals surface area contributed by atoms with Crippen LogP contribution in [0.5, 0.6) is 5.88 Å². The molecular weight excluding hydrogens is 372 g/mol. The summed E-state index contributed by atoms with van der Waals surface area (Å²) in [6, 6.07) is 5.36.